The molecule has 0 atom stereocenters. The highest BCUT2D eigenvalue weighted by molar-refractivity contribution is 7.25. The first-order chi connectivity index (χ1) is 7.74. The van der Waals surface area contributed by atoms with Gasteiger partial charge in [-0.15, -0.1) is 22.7 Å². The van der Waals surface area contributed by atoms with Gasteiger partial charge in [0.25, 0.3) is 0 Å². The lowest BCUT2D eigenvalue weighted by Crippen LogP contribution is -1.75. The second kappa shape index (κ2) is 3.64. The molecule has 3 aromatic rings. The van der Waals surface area contributed by atoms with Crippen LogP contribution in [-0.2, 0) is 0 Å². The van der Waals surface area contributed by atoms with Gasteiger partial charge in [0, 0.05) is 4.88 Å². The molecule has 4 heteroatoms. The highest BCUT2D eigenvalue weighted by Crippen LogP contribution is 2.33. The Bertz CT molecular complexity index is 599. The molecule has 2 aromatic heterocycles. The molecule has 0 aliphatic rings. The van der Waals surface area contributed by atoms with Gasteiger partial charge >= 0.3 is 0 Å². The number of hydrogen-bond acceptors (Lipinski definition) is 4. The number of benzene rings is 1. The minimum absolute atomic E-state index is 1.03. The Kier molecular flexibility index (Phi) is 2.26. The number of thiazole rings is 2. The van der Waals surface area contributed by atoms with Crippen LogP contribution < -0.4 is 0 Å². The summed E-state index contributed by atoms with van der Waals surface area (Å²) in [5, 5.41) is 2.07. The Balaban J connectivity index is 2.18. The lowest BCUT2D eigenvalue weighted by Gasteiger charge is -1.83. The van der Waals surface area contributed by atoms with E-state index < -0.39 is 0 Å². The summed E-state index contributed by atoms with van der Waals surface area (Å²) in [5.74, 6) is 0. The molecule has 0 aliphatic carbocycles. The monoisotopic (exact) mass is 246 g/mol. The molecule has 16 heavy (non-hydrogen) atoms. The Morgan fingerprint density at radius 1 is 0.938 bits per heavy atom. The number of rotatable bonds is 1. The SMILES string of the molecule is Cc1nc(-c2nc3ccccc3s2)sc1C. The molecule has 80 valence electrons. The molecule has 0 saturated carbocycles. The van der Waals surface area contributed by atoms with E-state index in [-0.39, 0.29) is 0 Å². The highest BCUT2D eigenvalue weighted by atomic mass is 32.1. The second-order valence-electron chi connectivity index (χ2n) is 3.65. The maximum Gasteiger partial charge on any atom is 0.153 e. The van der Waals surface area contributed by atoms with Gasteiger partial charge < -0.3 is 0 Å². The van der Waals surface area contributed by atoms with Crippen LogP contribution in [0, 0.1) is 13.8 Å². The zero-order valence-corrected chi connectivity index (χ0v) is 10.7. The van der Waals surface area contributed by atoms with Crippen molar-refractivity contribution in [2.24, 2.45) is 0 Å². The highest BCUT2D eigenvalue weighted by Gasteiger charge is 2.10. The van der Waals surface area contributed by atoms with E-state index in [0.717, 1.165) is 21.2 Å². The van der Waals surface area contributed by atoms with Gasteiger partial charge in [0.2, 0.25) is 0 Å². The Morgan fingerprint density at radius 3 is 2.38 bits per heavy atom. The van der Waals surface area contributed by atoms with Crippen molar-refractivity contribution in [1.29, 1.82) is 0 Å². The van der Waals surface area contributed by atoms with Gasteiger partial charge in [-0.2, -0.15) is 0 Å². The van der Waals surface area contributed by atoms with Crippen molar-refractivity contribution in [2.75, 3.05) is 0 Å². The third kappa shape index (κ3) is 1.54. The summed E-state index contributed by atoms with van der Waals surface area (Å²) < 4.78 is 1.23. The van der Waals surface area contributed by atoms with Gasteiger partial charge in [0.1, 0.15) is 0 Å². The predicted octanol–water partition coefficient (Wildman–Crippen LogP) is 4.04. The van der Waals surface area contributed by atoms with Crippen molar-refractivity contribution in [3.63, 3.8) is 0 Å². The largest absolute Gasteiger partial charge is 0.239 e. The molecule has 2 nitrogen and oxygen atoms in total. The quantitative estimate of drug-likeness (QED) is 0.647. The van der Waals surface area contributed by atoms with Crippen LogP contribution in [0.5, 0.6) is 0 Å². The molecule has 2 heterocycles. The lowest BCUT2D eigenvalue weighted by atomic mass is 10.3. The normalized spacial score (nSPS) is 11.1. The molecule has 0 N–H and O–H groups in total. The first-order valence-electron chi connectivity index (χ1n) is 5.04. The zero-order valence-electron chi connectivity index (χ0n) is 9.02. The fourth-order valence-electron chi connectivity index (χ4n) is 1.53. The van der Waals surface area contributed by atoms with E-state index in [4.69, 9.17) is 0 Å². The lowest BCUT2D eigenvalue weighted by molar-refractivity contribution is 1.23. The van der Waals surface area contributed by atoms with E-state index >= 15 is 0 Å². The fourth-order valence-corrected chi connectivity index (χ4v) is 3.43. The standard InChI is InChI=1S/C12H10N2S2/c1-7-8(2)15-11(13-7)12-14-9-5-3-4-6-10(9)16-12/h3-6H,1-2H3. The number of fused-ring (bicyclic) bond motifs is 1. The number of nitrogens with zero attached hydrogens (tertiary/aromatic N) is 2. The summed E-state index contributed by atoms with van der Waals surface area (Å²) in [6.45, 7) is 4.15. The van der Waals surface area contributed by atoms with Crippen LogP contribution in [0.25, 0.3) is 20.2 Å². The summed E-state index contributed by atoms with van der Waals surface area (Å²) in [6.07, 6.45) is 0. The molecule has 0 radical (unpaired) electrons. The molecule has 0 unspecified atom stereocenters. The third-order valence-corrected chi connectivity index (χ3v) is 4.76. The first-order valence-corrected chi connectivity index (χ1v) is 6.67. The maximum atomic E-state index is 4.60. The molecule has 3 rings (SSSR count). The van der Waals surface area contributed by atoms with Gasteiger partial charge in [0.15, 0.2) is 10.0 Å². The average Bonchev–Trinajstić information content (AvgIpc) is 2.83. The van der Waals surface area contributed by atoms with Crippen molar-refractivity contribution in [3.8, 4) is 10.0 Å². The second-order valence-corrected chi connectivity index (χ2v) is 5.88. The Hall–Kier alpha value is -1.26. The zero-order chi connectivity index (χ0) is 11.1. The third-order valence-electron chi connectivity index (χ3n) is 2.51. The van der Waals surface area contributed by atoms with Gasteiger partial charge in [-0.05, 0) is 26.0 Å². The van der Waals surface area contributed by atoms with Crippen LogP contribution in [-0.4, -0.2) is 9.97 Å². The number of hydrogen-bond donors (Lipinski definition) is 0. The Morgan fingerprint density at radius 2 is 1.69 bits per heavy atom. The van der Waals surface area contributed by atoms with E-state index in [9.17, 15) is 0 Å². The van der Waals surface area contributed by atoms with Crippen molar-refractivity contribution in [1.82, 2.24) is 9.97 Å². The maximum absolute atomic E-state index is 4.60. The molecule has 1 aromatic carbocycles. The van der Waals surface area contributed by atoms with Crippen molar-refractivity contribution in [3.05, 3.63) is 34.8 Å². The van der Waals surface area contributed by atoms with Crippen molar-refractivity contribution >= 4 is 32.9 Å². The summed E-state index contributed by atoms with van der Waals surface area (Å²) in [7, 11) is 0. The minimum atomic E-state index is 1.03. The molecule has 0 fully saturated rings. The van der Waals surface area contributed by atoms with Crippen LogP contribution in [0.4, 0.5) is 0 Å². The first kappa shape index (κ1) is 9.93. The van der Waals surface area contributed by atoms with E-state index in [2.05, 4.69) is 23.0 Å². The Labute approximate surface area is 102 Å². The fraction of sp³-hybridized carbons (Fsp3) is 0.167. The summed E-state index contributed by atoms with van der Waals surface area (Å²) in [5.41, 5.74) is 2.17. The smallest absolute Gasteiger partial charge is 0.153 e. The van der Waals surface area contributed by atoms with Crippen molar-refractivity contribution < 1.29 is 0 Å². The van der Waals surface area contributed by atoms with Crippen molar-refractivity contribution in [2.45, 2.75) is 13.8 Å². The molecular weight excluding hydrogens is 236 g/mol. The van der Waals surface area contributed by atoms with E-state index in [1.807, 2.05) is 25.1 Å². The van der Waals surface area contributed by atoms with Crippen LogP contribution in [0.3, 0.4) is 0 Å². The number of aryl methyl sites for hydroxylation is 2. The van der Waals surface area contributed by atoms with Crippen LogP contribution in [0.15, 0.2) is 24.3 Å². The van der Waals surface area contributed by atoms with Crippen LogP contribution in [0.1, 0.15) is 10.6 Å². The van der Waals surface area contributed by atoms with E-state index in [1.165, 1.54) is 9.58 Å². The van der Waals surface area contributed by atoms with E-state index in [1.54, 1.807) is 22.7 Å². The van der Waals surface area contributed by atoms with Gasteiger partial charge in [0.05, 0.1) is 15.9 Å². The number of aromatic nitrogens is 2. The topological polar surface area (TPSA) is 25.8 Å². The summed E-state index contributed by atoms with van der Waals surface area (Å²) in [4.78, 5) is 10.4. The molecule has 0 aliphatic heterocycles. The summed E-state index contributed by atoms with van der Waals surface area (Å²) >= 11 is 3.43. The average molecular weight is 246 g/mol. The minimum Gasteiger partial charge on any atom is -0.239 e. The summed E-state index contributed by atoms with van der Waals surface area (Å²) in [6, 6.07) is 8.21. The van der Waals surface area contributed by atoms with Crippen LogP contribution in [0.2, 0.25) is 0 Å². The van der Waals surface area contributed by atoms with E-state index in [0.29, 0.717) is 0 Å². The molecule has 0 bridgehead atoms. The number of para-hydroxylation sites is 1. The molecular formula is C12H10N2S2. The molecule has 0 amide bonds. The van der Waals surface area contributed by atoms with Crippen LogP contribution >= 0.6 is 22.7 Å². The van der Waals surface area contributed by atoms with Gasteiger partial charge in [-0.1, -0.05) is 12.1 Å². The molecule has 0 saturated heterocycles. The van der Waals surface area contributed by atoms with Gasteiger partial charge in [-0.25, -0.2) is 9.97 Å². The predicted molar refractivity (Wildman–Crippen MR) is 70.2 cm³/mol. The van der Waals surface area contributed by atoms with Gasteiger partial charge in [-0.3, -0.25) is 0 Å². The molecule has 0 spiro atoms.